The molecule has 0 radical (unpaired) electrons. The zero-order valence-corrected chi connectivity index (χ0v) is 11.1. The van der Waals surface area contributed by atoms with Gasteiger partial charge in [0.05, 0.1) is 18.8 Å². The zero-order chi connectivity index (χ0) is 13.5. The summed E-state index contributed by atoms with van der Waals surface area (Å²) in [6.07, 6.45) is 1.80. The average Bonchev–Trinajstić information content (AvgIpc) is 2.47. The number of rotatable bonds is 6. The monoisotopic (exact) mass is 257 g/mol. The van der Waals surface area contributed by atoms with Gasteiger partial charge in [-0.2, -0.15) is 0 Å². The molecule has 4 heteroatoms. The van der Waals surface area contributed by atoms with Crippen LogP contribution >= 0.6 is 0 Å². The molecule has 1 aromatic heterocycles. The summed E-state index contributed by atoms with van der Waals surface area (Å²) in [5, 5.41) is 12.2. The molecule has 0 bridgehead atoms. The second kappa shape index (κ2) is 6.75. The SMILES string of the molecule is CN(CCO)c1ccc(NCc2ccccn2)cc1. The summed E-state index contributed by atoms with van der Waals surface area (Å²) < 4.78 is 0. The summed E-state index contributed by atoms with van der Waals surface area (Å²) in [5.41, 5.74) is 3.17. The number of anilines is 2. The average molecular weight is 257 g/mol. The first-order valence-corrected chi connectivity index (χ1v) is 6.35. The molecule has 4 nitrogen and oxygen atoms in total. The molecule has 0 saturated carbocycles. The van der Waals surface area contributed by atoms with Gasteiger partial charge in [0.15, 0.2) is 0 Å². The number of nitrogens with zero attached hydrogens (tertiary/aromatic N) is 2. The molecule has 0 aliphatic rings. The lowest BCUT2D eigenvalue weighted by atomic mass is 10.2. The third-order valence-electron chi connectivity index (χ3n) is 2.94. The number of pyridine rings is 1. The highest BCUT2D eigenvalue weighted by Crippen LogP contribution is 2.16. The molecule has 19 heavy (non-hydrogen) atoms. The number of hydrogen-bond donors (Lipinski definition) is 2. The van der Waals surface area contributed by atoms with E-state index in [1.807, 2.05) is 54.4 Å². The molecule has 100 valence electrons. The van der Waals surface area contributed by atoms with Gasteiger partial charge in [-0.1, -0.05) is 6.07 Å². The fourth-order valence-corrected chi connectivity index (χ4v) is 1.81. The molecule has 0 amide bonds. The van der Waals surface area contributed by atoms with E-state index >= 15 is 0 Å². The number of aliphatic hydroxyl groups is 1. The van der Waals surface area contributed by atoms with E-state index < -0.39 is 0 Å². The lowest BCUT2D eigenvalue weighted by Gasteiger charge is -2.18. The summed E-state index contributed by atoms with van der Waals surface area (Å²) >= 11 is 0. The summed E-state index contributed by atoms with van der Waals surface area (Å²) in [5.74, 6) is 0. The van der Waals surface area contributed by atoms with E-state index in [0.29, 0.717) is 13.1 Å². The Hall–Kier alpha value is -2.07. The molecular weight excluding hydrogens is 238 g/mol. The van der Waals surface area contributed by atoms with E-state index in [0.717, 1.165) is 17.1 Å². The Kier molecular flexibility index (Phi) is 4.75. The quantitative estimate of drug-likeness (QED) is 0.832. The van der Waals surface area contributed by atoms with Crippen molar-refractivity contribution in [2.24, 2.45) is 0 Å². The maximum Gasteiger partial charge on any atom is 0.0606 e. The van der Waals surface area contributed by atoms with Crippen molar-refractivity contribution in [3.8, 4) is 0 Å². The van der Waals surface area contributed by atoms with Crippen LogP contribution in [0.2, 0.25) is 0 Å². The number of likely N-dealkylation sites (N-methyl/N-ethyl adjacent to an activating group) is 1. The summed E-state index contributed by atoms with van der Waals surface area (Å²) in [6.45, 7) is 1.52. The molecular formula is C15H19N3O. The fraction of sp³-hybridized carbons (Fsp3) is 0.267. The summed E-state index contributed by atoms with van der Waals surface area (Å²) in [4.78, 5) is 6.28. The van der Waals surface area contributed by atoms with Crippen LogP contribution < -0.4 is 10.2 Å². The smallest absolute Gasteiger partial charge is 0.0606 e. The molecule has 1 heterocycles. The summed E-state index contributed by atoms with van der Waals surface area (Å²) in [7, 11) is 1.96. The zero-order valence-electron chi connectivity index (χ0n) is 11.1. The van der Waals surface area contributed by atoms with Gasteiger partial charge >= 0.3 is 0 Å². The number of nitrogens with one attached hydrogen (secondary N) is 1. The van der Waals surface area contributed by atoms with Gasteiger partial charge in [0.2, 0.25) is 0 Å². The van der Waals surface area contributed by atoms with Gasteiger partial charge in [0.1, 0.15) is 0 Å². The number of hydrogen-bond acceptors (Lipinski definition) is 4. The molecule has 1 aromatic carbocycles. The number of aromatic nitrogens is 1. The molecule has 0 fully saturated rings. The van der Waals surface area contributed by atoms with E-state index in [1.165, 1.54) is 0 Å². The molecule has 0 aliphatic heterocycles. The predicted octanol–water partition coefficient (Wildman–Crippen LogP) is 2.12. The molecule has 2 aromatic rings. The van der Waals surface area contributed by atoms with Crippen molar-refractivity contribution < 1.29 is 5.11 Å². The fourth-order valence-electron chi connectivity index (χ4n) is 1.81. The first-order chi connectivity index (χ1) is 9.29. The van der Waals surface area contributed by atoms with Gasteiger partial charge in [0, 0.05) is 31.2 Å². The third-order valence-corrected chi connectivity index (χ3v) is 2.94. The predicted molar refractivity (Wildman–Crippen MR) is 78.4 cm³/mol. The first kappa shape index (κ1) is 13.4. The highest BCUT2D eigenvalue weighted by Gasteiger charge is 2.00. The molecule has 2 rings (SSSR count). The van der Waals surface area contributed by atoms with E-state index in [1.54, 1.807) is 6.20 Å². The van der Waals surface area contributed by atoms with Crippen molar-refractivity contribution in [3.05, 3.63) is 54.4 Å². The third kappa shape index (κ3) is 3.96. The Labute approximate surface area is 113 Å². The molecule has 0 spiro atoms. The van der Waals surface area contributed by atoms with Crippen molar-refractivity contribution in [2.75, 3.05) is 30.4 Å². The minimum Gasteiger partial charge on any atom is -0.395 e. The topological polar surface area (TPSA) is 48.4 Å². The van der Waals surface area contributed by atoms with Crippen LogP contribution in [0.15, 0.2) is 48.7 Å². The van der Waals surface area contributed by atoms with Gasteiger partial charge in [-0.05, 0) is 36.4 Å². The van der Waals surface area contributed by atoms with Crippen molar-refractivity contribution in [1.82, 2.24) is 4.98 Å². The van der Waals surface area contributed by atoms with Crippen LogP contribution in [0, 0.1) is 0 Å². The van der Waals surface area contributed by atoms with Gasteiger partial charge in [-0.25, -0.2) is 0 Å². The highest BCUT2D eigenvalue weighted by atomic mass is 16.3. The first-order valence-electron chi connectivity index (χ1n) is 6.35. The van der Waals surface area contributed by atoms with Gasteiger partial charge in [-0.3, -0.25) is 4.98 Å². The molecule has 2 N–H and O–H groups in total. The largest absolute Gasteiger partial charge is 0.395 e. The van der Waals surface area contributed by atoms with Gasteiger partial charge in [-0.15, -0.1) is 0 Å². The Bertz CT molecular complexity index is 485. The van der Waals surface area contributed by atoms with Crippen molar-refractivity contribution in [2.45, 2.75) is 6.54 Å². The number of aliphatic hydroxyl groups excluding tert-OH is 1. The van der Waals surface area contributed by atoms with E-state index in [2.05, 4.69) is 10.3 Å². The molecule has 0 saturated heterocycles. The van der Waals surface area contributed by atoms with Gasteiger partial charge < -0.3 is 15.3 Å². The molecule has 0 atom stereocenters. The Morgan fingerprint density at radius 2 is 1.95 bits per heavy atom. The van der Waals surface area contributed by atoms with Crippen molar-refractivity contribution in [1.29, 1.82) is 0 Å². The van der Waals surface area contributed by atoms with Crippen LogP contribution in [0.5, 0.6) is 0 Å². The lowest BCUT2D eigenvalue weighted by Crippen LogP contribution is -2.20. The second-order valence-corrected chi connectivity index (χ2v) is 4.37. The maximum atomic E-state index is 8.90. The van der Waals surface area contributed by atoms with Crippen LogP contribution in [-0.4, -0.2) is 30.3 Å². The van der Waals surface area contributed by atoms with Crippen LogP contribution in [0.3, 0.4) is 0 Å². The van der Waals surface area contributed by atoms with Crippen LogP contribution in [0.25, 0.3) is 0 Å². The van der Waals surface area contributed by atoms with Crippen LogP contribution in [0.1, 0.15) is 5.69 Å². The van der Waals surface area contributed by atoms with E-state index in [4.69, 9.17) is 5.11 Å². The Balaban J connectivity index is 1.92. The summed E-state index contributed by atoms with van der Waals surface area (Å²) in [6, 6.07) is 14.0. The van der Waals surface area contributed by atoms with Crippen molar-refractivity contribution in [3.63, 3.8) is 0 Å². The molecule has 0 unspecified atom stereocenters. The normalized spacial score (nSPS) is 10.2. The number of benzene rings is 1. The van der Waals surface area contributed by atoms with Gasteiger partial charge in [0.25, 0.3) is 0 Å². The minimum atomic E-state index is 0.163. The lowest BCUT2D eigenvalue weighted by molar-refractivity contribution is 0.304. The standard InChI is InChI=1S/C15H19N3O/c1-18(10-11-19)15-7-5-13(6-8-15)17-12-14-4-2-3-9-16-14/h2-9,17,19H,10-12H2,1H3. The Morgan fingerprint density at radius 3 is 2.58 bits per heavy atom. The maximum absolute atomic E-state index is 8.90. The Morgan fingerprint density at radius 1 is 1.16 bits per heavy atom. The highest BCUT2D eigenvalue weighted by molar-refractivity contribution is 5.54. The van der Waals surface area contributed by atoms with Crippen LogP contribution in [0.4, 0.5) is 11.4 Å². The molecule has 0 aliphatic carbocycles. The second-order valence-electron chi connectivity index (χ2n) is 4.37. The van der Waals surface area contributed by atoms with Crippen LogP contribution in [-0.2, 0) is 6.54 Å². The van der Waals surface area contributed by atoms with E-state index in [-0.39, 0.29) is 6.61 Å². The van der Waals surface area contributed by atoms with Crippen molar-refractivity contribution >= 4 is 11.4 Å². The minimum absolute atomic E-state index is 0.163. The van der Waals surface area contributed by atoms with E-state index in [9.17, 15) is 0 Å².